The average molecular weight is 368 g/mol. The zero-order valence-corrected chi connectivity index (χ0v) is 19.4. The molecule has 0 radical (unpaired) electrons. The Hall–Kier alpha value is -0.0800. The van der Waals surface area contributed by atoms with Crippen molar-refractivity contribution in [3.63, 3.8) is 0 Å². The zero-order chi connectivity index (χ0) is 19.8. The quantitative estimate of drug-likeness (QED) is 0.393. The summed E-state index contributed by atoms with van der Waals surface area (Å²) in [7, 11) is 0. The Bertz CT molecular complexity index is 363. The van der Waals surface area contributed by atoms with Gasteiger partial charge in [-0.1, -0.05) is 61.8 Å². The van der Waals surface area contributed by atoms with Crippen molar-refractivity contribution in [1.82, 2.24) is 4.90 Å². The third-order valence-electron chi connectivity index (χ3n) is 6.51. The molecule has 1 unspecified atom stereocenters. The van der Waals surface area contributed by atoms with Crippen LogP contribution in [0.25, 0.3) is 0 Å². The second-order valence-corrected chi connectivity index (χ2v) is 10.5. The molecule has 1 fully saturated rings. The molecule has 1 aliphatic carbocycles. The van der Waals surface area contributed by atoms with E-state index in [0.717, 1.165) is 31.7 Å². The van der Waals surface area contributed by atoms with Crippen LogP contribution in [0.3, 0.4) is 0 Å². The van der Waals surface area contributed by atoms with E-state index in [9.17, 15) is 0 Å². The van der Waals surface area contributed by atoms with Gasteiger partial charge in [0.05, 0.1) is 12.7 Å². The third kappa shape index (κ3) is 8.30. The highest BCUT2D eigenvalue weighted by molar-refractivity contribution is 4.86. The molecule has 0 aromatic rings. The Labute approximate surface area is 165 Å². The van der Waals surface area contributed by atoms with Gasteiger partial charge in [-0.05, 0) is 68.2 Å². The molecule has 1 rings (SSSR count). The minimum atomic E-state index is 0.425. The summed E-state index contributed by atoms with van der Waals surface area (Å²) in [5, 5.41) is 0. The Morgan fingerprint density at radius 3 is 2.04 bits per heavy atom. The van der Waals surface area contributed by atoms with E-state index < -0.39 is 0 Å². The van der Waals surface area contributed by atoms with Crippen LogP contribution in [0.2, 0.25) is 0 Å². The van der Waals surface area contributed by atoms with Gasteiger partial charge >= 0.3 is 0 Å². The molecule has 0 aromatic heterocycles. The first-order chi connectivity index (χ1) is 12.1. The van der Waals surface area contributed by atoms with Crippen LogP contribution in [-0.4, -0.2) is 36.7 Å². The summed E-state index contributed by atoms with van der Waals surface area (Å²) in [6, 6.07) is 0.738. The van der Waals surface area contributed by atoms with Crippen molar-refractivity contribution < 1.29 is 4.74 Å². The lowest BCUT2D eigenvalue weighted by atomic mass is 9.64. The molecule has 0 N–H and O–H groups in total. The maximum Gasteiger partial charge on any atom is 0.0597 e. The second-order valence-electron chi connectivity index (χ2n) is 10.5. The van der Waals surface area contributed by atoms with Crippen LogP contribution in [0.5, 0.6) is 0 Å². The lowest BCUT2D eigenvalue weighted by Crippen LogP contribution is -2.38. The predicted molar refractivity (Wildman–Crippen MR) is 116 cm³/mol. The number of nitrogens with zero attached hydrogens (tertiary/aromatic N) is 1. The Kier molecular flexibility index (Phi) is 10.2. The van der Waals surface area contributed by atoms with Crippen LogP contribution in [0.15, 0.2) is 0 Å². The standard InChI is InChI=1S/C24H49NO/c1-9-12-21(10-2)25(11-3)17-18-26-22-15-13-20(14-16-22)24(7,8)19-23(4,5)6/h20-22H,9-19H2,1-8H3. The Morgan fingerprint density at radius 1 is 0.962 bits per heavy atom. The molecule has 0 spiro atoms. The van der Waals surface area contributed by atoms with Crippen molar-refractivity contribution in [1.29, 1.82) is 0 Å². The number of rotatable bonds is 11. The van der Waals surface area contributed by atoms with E-state index in [-0.39, 0.29) is 0 Å². The number of hydrogen-bond donors (Lipinski definition) is 0. The fraction of sp³-hybridized carbons (Fsp3) is 1.00. The molecule has 156 valence electrons. The zero-order valence-electron chi connectivity index (χ0n) is 19.4. The second kappa shape index (κ2) is 11.1. The van der Waals surface area contributed by atoms with E-state index in [1.165, 1.54) is 51.4 Å². The highest BCUT2D eigenvalue weighted by Gasteiger charge is 2.36. The van der Waals surface area contributed by atoms with E-state index in [2.05, 4.69) is 60.3 Å². The van der Waals surface area contributed by atoms with Gasteiger partial charge in [0.2, 0.25) is 0 Å². The number of hydrogen-bond acceptors (Lipinski definition) is 2. The van der Waals surface area contributed by atoms with Crippen molar-refractivity contribution in [2.75, 3.05) is 19.7 Å². The van der Waals surface area contributed by atoms with Crippen LogP contribution in [0, 0.1) is 16.7 Å². The van der Waals surface area contributed by atoms with Crippen LogP contribution >= 0.6 is 0 Å². The summed E-state index contributed by atoms with van der Waals surface area (Å²) in [5.74, 6) is 0.864. The minimum Gasteiger partial charge on any atom is -0.377 e. The molecule has 0 heterocycles. The van der Waals surface area contributed by atoms with E-state index >= 15 is 0 Å². The topological polar surface area (TPSA) is 12.5 Å². The van der Waals surface area contributed by atoms with Gasteiger partial charge in [-0.3, -0.25) is 4.90 Å². The molecule has 26 heavy (non-hydrogen) atoms. The SMILES string of the molecule is CCCC(CC)N(CC)CCOC1CCC(C(C)(C)CC(C)(C)C)CC1. The summed E-state index contributed by atoms with van der Waals surface area (Å²) >= 11 is 0. The summed E-state index contributed by atoms with van der Waals surface area (Å²) in [6.45, 7) is 22.2. The molecular formula is C24H49NO. The normalized spacial score (nSPS) is 23.4. The van der Waals surface area contributed by atoms with Crippen molar-refractivity contribution in [3.05, 3.63) is 0 Å². The summed E-state index contributed by atoms with van der Waals surface area (Å²) in [4.78, 5) is 2.63. The van der Waals surface area contributed by atoms with Crippen LogP contribution in [0.4, 0.5) is 0 Å². The van der Waals surface area contributed by atoms with Gasteiger partial charge in [-0.25, -0.2) is 0 Å². The molecular weight excluding hydrogens is 318 g/mol. The van der Waals surface area contributed by atoms with Gasteiger partial charge in [-0.2, -0.15) is 0 Å². The molecule has 0 aliphatic heterocycles. The number of ether oxygens (including phenoxy) is 1. The Morgan fingerprint density at radius 2 is 1.58 bits per heavy atom. The largest absolute Gasteiger partial charge is 0.377 e. The van der Waals surface area contributed by atoms with Gasteiger partial charge in [0.25, 0.3) is 0 Å². The Balaban J connectivity index is 2.36. The molecule has 0 aromatic carbocycles. The highest BCUT2D eigenvalue weighted by atomic mass is 16.5. The van der Waals surface area contributed by atoms with Gasteiger partial charge in [0, 0.05) is 12.6 Å². The lowest BCUT2D eigenvalue weighted by molar-refractivity contribution is -0.0161. The molecule has 2 nitrogen and oxygen atoms in total. The highest BCUT2D eigenvalue weighted by Crippen LogP contribution is 2.45. The first-order valence-electron chi connectivity index (χ1n) is 11.5. The monoisotopic (exact) mass is 367 g/mol. The number of likely N-dealkylation sites (N-methyl/N-ethyl adjacent to an activating group) is 1. The van der Waals surface area contributed by atoms with E-state index in [1.54, 1.807) is 0 Å². The van der Waals surface area contributed by atoms with Crippen molar-refractivity contribution in [2.45, 2.75) is 119 Å². The fourth-order valence-electron chi connectivity index (χ4n) is 5.44. The van der Waals surface area contributed by atoms with Crippen molar-refractivity contribution >= 4 is 0 Å². The minimum absolute atomic E-state index is 0.425. The molecule has 1 aliphatic rings. The van der Waals surface area contributed by atoms with Crippen LogP contribution in [0.1, 0.15) is 107 Å². The van der Waals surface area contributed by atoms with Gasteiger partial charge in [-0.15, -0.1) is 0 Å². The van der Waals surface area contributed by atoms with E-state index in [0.29, 0.717) is 16.9 Å². The summed E-state index contributed by atoms with van der Waals surface area (Å²) in [5.41, 5.74) is 0.880. The predicted octanol–water partition coefficient (Wildman–Crippen LogP) is 6.92. The van der Waals surface area contributed by atoms with Gasteiger partial charge < -0.3 is 4.74 Å². The molecule has 2 heteroatoms. The third-order valence-corrected chi connectivity index (χ3v) is 6.51. The first-order valence-corrected chi connectivity index (χ1v) is 11.5. The molecule has 0 amide bonds. The van der Waals surface area contributed by atoms with Crippen LogP contribution in [-0.2, 0) is 4.74 Å². The molecule has 1 atom stereocenters. The maximum absolute atomic E-state index is 6.31. The first kappa shape index (κ1) is 24.0. The van der Waals surface area contributed by atoms with Gasteiger partial charge in [0.15, 0.2) is 0 Å². The summed E-state index contributed by atoms with van der Waals surface area (Å²) in [6.07, 6.45) is 10.9. The van der Waals surface area contributed by atoms with Crippen molar-refractivity contribution in [3.8, 4) is 0 Å². The van der Waals surface area contributed by atoms with E-state index in [1.807, 2.05) is 0 Å². The average Bonchev–Trinajstić information content (AvgIpc) is 2.55. The van der Waals surface area contributed by atoms with Crippen LogP contribution < -0.4 is 0 Å². The van der Waals surface area contributed by atoms with E-state index in [4.69, 9.17) is 4.74 Å². The van der Waals surface area contributed by atoms with Gasteiger partial charge in [0.1, 0.15) is 0 Å². The lowest BCUT2D eigenvalue weighted by Gasteiger charge is -2.42. The van der Waals surface area contributed by atoms with Crippen molar-refractivity contribution in [2.24, 2.45) is 16.7 Å². The maximum atomic E-state index is 6.31. The smallest absolute Gasteiger partial charge is 0.0597 e. The molecule has 0 bridgehead atoms. The molecule has 0 saturated heterocycles. The fourth-order valence-corrected chi connectivity index (χ4v) is 5.44. The molecule has 1 saturated carbocycles. The summed E-state index contributed by atoms with van der Waals surface area (Å²) < 4.78 is 6.31.